The zero-order chi connectivity index (χ0) is 12.6. The van der Waals surface area contributed by atoms with Gasteiger partial charge < -0.3 is 15.0 Å². The van der Waals surface area contributed by atoms with E-state index in [1.807, 2.05) is 0 Å². The molecule has 1 aliphatic rings. The number of nitrogens with one attached hydrogen (secondary N) is 1. The zero-order valence-electron chi connectivity index (χ0n) is 10.6. The lowest BCUT2D eigenvalue weighted by molar-refractivity contribution is 0.122. The fourth-order valence-corrected chi connectivity index (χ4v) is 2.06. The highest BCUT2D eigenvalue weighted by Crippen LogP contribution is 2.17. The van der Waals surface area contributed by atoms with E-state index in [2.05, 4.69) is 40.6 Å². The number of morpholine rings is 1. The molecule has 0 amide bonds. The number of benzene rings is 1. The Hall–Kier alpha value is -1.57. The summed E-state index contributed by atoms with van der Waals surface area (Å²) in [6.45, 7) is 5.12. The molecule has 1 aliphatic heterocycles. The number of ether oxygens (including phenoxy) is 1. The maximum atomic E-state index is 8.47. The van der Waals surface area contributed by atoms with Gasteiger partial charge in [0.2, 0.25) is 0 Å². The van der Waals surface area contributed by atoms with Crippen molar-refractivity contribution in [3.63, 3.8) is 0 Å². The molecule has 0 radical (unpaired) electrons. The Morgan fingerprint density at radius 1 is 1.33 bits per heavy atom. The molecule has 1 saturated heterocycles. The van der Waals surface area contributed by atoms with Crippen LogP contribution in [0.3, 0.4) is 0 Å². The van der Waals surface area contributed by atoms with Gasteiger partial charge >= 0.3 is 0 Å². The molecule has 0 atom stereocenters. The van der Waals surface area contributed by atoms with E-state index in [9.17, 15) is 0 Å². The Morgan fingerprint density at radius 3 is 2.94 bits per heavy atom. The maximum absolute atomic E-state index is 8.47. The third-order valence-electron chi connectivity index (χ3n) is 3.03. The SMILES string of the molecule is N#CCCNCc1cccc(N2CCOCC2)c1. The average molecular weight is 245 g/mol. The predicted molar refractivity (Wildman–Crippen MR) is 71.4 cm³/mol. The summed E-state index contributed by atoms with van der Waals surface area (Å²) >= 11 is 0. The van der Waals surface area contributed by atoms with Crippen LogP contribution in [0.5, 0.6) is 0 Å². The van der Waals surface area contributed by atoms with E-state index in [1.54, 1.807) is 0 Å². The molecule has 4 heteroatoms. The monoisotopic (exact) mass is 245 g/mol. The molecular weight excluding hydrogens is 226 g/mol. The third-order valence-corrected chi connectivity index (χ3v) is 3.03. The quantitative estimate of drug-likeness (QED) is 0.799. The van der Waals surface area contributed by atoms with Gasteiger partial charge in [0, 0.05) is 38.3 Å². The molecule has 18 heavy (non-hydrogen) atoms. The normalized spacial score (nSPS) is 15.4. The van der Waals surface area contributed by atoms with Crippen LogP contribution < -0.4 is 10.2 Å². The lowest BCUT2D eigenvalue weighted by Gasteiger charge is -2.29. The van der Waals surface area contributed by atoms with E-state index >= 15 is 0 Å². The van der Waals surface area contributed by atoms with Crippen molar-refractivity contribution in [2.45, 2.75) is 13.0 Å². The Labute approximate surface area is 108 Å². The van der Waals surface area contributed by atoms with E-state index in [1.165, 1.54) is 11.3 Å². The maximum Gasteiger partial charge on any atom is 0.0642 e. The Morgan fingerprint density at radius 2 is 2.17 bits per heavy atom. The highest BCUT2D eigenvalue weighted by atomic mass is 16.5. The van der Waals surface area contributed by atoms with Crippen LogP contribution in [0.15, 0.2) is 24.3 Å². The minimum atomic E-state index is 0.559. The van der Waals surface area contributed by atoms with Crippen LogP contribution in [0.2, 0.25) is 0 Å². The second-order valence-electron chi connectivity index (χ2n) is 4.35. The summed E-state index contributed by atoms with van der Waals surface area (Å²) in [5.74, 6) is 0. The zero-order valence-corrected chi connectivity index (χ0v) is 10.6. The van der Waals surface area contributed by atoms with Gasteiger partial charge in [-0.1, -0.05) is 12.1 Å². The van der Waals surface area contributed by atoms with Crippen LogP contribution in [0.4, 0.5) is 5.69 Å². The largest absolute Gasteiger partial charge is 0.378 e. The predicted octanol–water partition coefficient (Wildman–Crippen LogP) is 1.53. The topological polar surface area (TPSA) is 48.3 Å². The summed E-state index contributed by atoms with van der Waals surface area (Å²) in [5, 5.41) is 11.7. The van der Waals surface area contributed by atoms with Crippen molar-refractivity contribution >= 4 is 5.69 Å². The van der Waals surface area contributed by atoms with Gasteiger partial charge in [-0.25, -0.2) is 0 Å². The van der Waals surface area contributed by atoms with Gasteiger partial charge in [0.1, 0.15) is 0 Å². The molecule has 96 valence electrons. The molecule has 1 N–H and O–H groups in total. The van der Waals surface area contributed by atoms with Crippen molar-refractivity contribution in [1.82, 2.24) is 5.32 Å². The first-order valence-corrected chi connectivity index (χ1v) is 6.39. The van der Waals surface area contributed by atoms with Gasteiger partial charge in [-0.3, -0.25) is 0 Å². The van der Waals surface area contributed by atoms with Gasteiger partial charge in [0.05, 0.1) is 19.3 Å². The number of hydrogen-bond donors (Lipinski definition) is 1. The van der Waals surface area contributed by atoms with Crippen molar-refractivity contribution in [1.29, 1.82) is 5.26 Å². The molecule has 0 bridgehead atoms. The van der Waals surface area contributed by atoms with Crippen molar-refractivity contribution in [2.24, 2.45) is 0 Å². The summed E-state index contributed by atoms with van der Waals surface area (Å²) in [6, 6.07) is 10.7. The Kier molecular flexibility index (Phi) is 5.00. The number of anilines is 1. The molecule has 0 unspecified atom stereocenters. The first kappa shape index (κ1) is 12.9. The standard InChI is InChI=1S/C14H19N3O/c15-5-2-6-16-12-13-3-1-4-14(11-13)17-7-9-18-10-8-17/h1,3-4,11,16H,2,6-10,12H2. The van der Waals surface area contributed by atoms with Crippen molar-refractivity contribution in [2.75, 3.05) is 37.7 Å². The Bertz CT molecular complexity index is 408. The molecule has 4 nitrogen and oxygen atoms in total. The van der Waals surface area contributed by atoms with E-state index < -0.39 is 0 Å². The smallest absolute Gasteiger partial charge is 0.0642 e. The van der Waals surface area contributed by atoms with Crippen molar-refractivity contribution in [3.05, 3.63) is 29.8 Å². The van der Waals surface area contributed by atoms with Gasteiger partial charge in [-0.05, 0) is 17.7 Å². The molecule has 0 spiro atoms. The minimum absolute atomic E-state index is 0.559. The van der Waals surface area contributed by atoms with Crippen LogP contribution in [0.1, 0.15) is 12.0 Å². The number of nitrogens with zero attached hydrogens (tertiary/aromatic N) is 2. The summed E-state index contributed by atoms with van der Waals surface area (Å²) < 4.78 is 5.36. The number of nitriles is 1. The minimum Gasteiger partial charge on any atom is -0.378 e. The summed E-state index contributed by atoms with van der Waals surface area (Å²) in [5.41, 5.74) is 2.52. The Balaban J connectivity index is 1.90. The lowest BCUT2D eigenvalue weighted by Crippen LogP contribution is -2.36. The van der Waals surface area contributed by atoms with Crippen LogP contribution in [-0.2, 0) is 11.3 Å². The highest BCUT2D eigenvalue weighted by molar-refractivity contribution is 5.48. The van der Waals surface area contributed by atoms with Crippen molar-refractivity contribution < 1.29 is 4.74 Å². The van der Waals surface area contributed by atoms with E-state index in [0.717, 1.165) is 39.4 Å². The van der Waals surface area contributed by atoms with Crippen LogP contribution >= 0.6 is 0 Å². The third kappa shape index (κ3) is 3.73. The second-order valence-corrected chi connectivity index (χ2v) is 4.35. The van der Waals surface area contributed by atoms with Gasteiger partial charge in [-0.2, -0.15) is 5.26 Å². The fourth-order valence-electron chi connectivity index (χ4n) is 2.06. The molecule has 2 rings (SSSR count). The summed E-state index contributed by atoms with van der Waals surface area (Å²) in [7, 11) is 0. The van der Waals surface area contributed by atoms with Gasteiger partial charge in [0.15, 0.2) is 0 Å². The van der Waals surface area contributed by atoms with E-state index in [4.69, 9.17) is 10.00 Å². The highest BCUT2D eigenvalue weighted by Gasteiger charge is 2.10. The van der Waals surface area contributed by atoms with Crippen LogP contribution in [0.25, 0.3) is 0 Å². The van der Waals surface area contributed by atoms with E-state index in [-0.39, 0.29) is 0 Å². The first-order chi connectivity index (χ1) is 8.90. The second kappa shape index (κ2) is 7.00. The van der Waals surface area contributed by atoms with Crippen LogP contribution in [-0.4, -0.2) is 32.8 Å². The number of hydrogen-bond acceptors (Lipinski definition) is 4. The molecule has 1 fully saturated rings. The molecule has 1 aromatic rings. The molecular formula is C14H19N3O. The molecule has 0 saturated carbocycles. The molecule has 0 aromatic heterocycles. The van der Waals surface area contributed by atoms with Crippen molar-refractivity contribution in [3.8, 4) is 6.07 Å². The molecule has 1 heterocycles. The molecule has 1 aromatic carbocycles. The first-order valence-electron chi connectivity index (χ1n) is 6.39. The molecule has 0 aliphatic carbocycles. The number of rotatable bonds is 5. The lowest BCUT2D eigenvalue weighted by atomic mass is 10.1. The fraction of sp³-hybridized carbons (Fsp3) is 0.500. The average Bonchev–Trinajstić information content (AvgIpc) is 2.45. The van der Waals surface area contributed by atoms with Gasteiger partial charge in [0.25, 0.3) is 0 Å². The summed E-state index contributed by atoms with van der Waals surface area (Å²) in [6.07, 6.45) is 0.559. The van der Waals surface area contributed by atoms with Gasteiger partial charge in [-0.15, -0.1) is 0 Å². The van der Waals surface area contributed by atoms with E-state index in [0.29, 0.717) is 6.42 Å². The van der Waals surface area contributed by atoms with Crippen LogP contribution in [0, 0.1) is 11.3 Å². The summed E-state index contributed by atoms with van der Waals surface area (Å²) in [4.78, 5) is 2.35.